The third-order valence-electron chi connectivity index (χ3n) is 5.72. The van der Waals surface area contributed by atoms with Gasteiger partial charge in [0.05, 0.1) is 24.5 Å². The minimum atomic E-state index is -0.938. The van der Waals surface area contributed by atoms with Gasteiger partial charge in [-0.05, 0) is 70.9 Å². The first kappa shape index (κ1) is 40.1. The molecule has 4 heteroatoms. The average Bonchev–Trinajstić information content (AvgIpc) is 2.78. The molecule has 0 aromatic heterocycles. The van der Waals surface area contributed by atoms with Crippen LogP contribution in [0, 0.1) is 5.41 Å². The summed E-state index contributed by atoms with van der Waals surface area (Å²) in [5, 5.41) is 0. The van der Waals surface area contributed by atoms with Gasteiger partial charge in [-0.1, -0.05) is 91.4 Å². The molecule has 0 atom stereocenters. The maximum absolute atomic E-state index is 6.49. The number of nitrogens with two attached hydrogens (primary N) is 2. The minimum absolute atomic E-state index is 0.0133. The van der Waals surface area contributed by atoms with Crippen LogP contribution in [0.2, 0.25) is 0 Å². The third-order valence-corrected chi connectivity index (χ3v) is 5.72. The second kappa shape index (κ2) is 23.7. The molecule has 0 aromatic rings. The van der Waals surface area contributed by atoms with E-state index in [2.05, 4.69) is 87.6 Å². The Morgan fingerprint density at radius 3 is 1.81 bits per heavy atom. The monoisotopic (exact) mass is 523 g/mol. The summed E-state index contributed by atoms with van der Waals surface area (Å²) in [6, 6.07) is 0. The van der Waals surface area contributed by atoms with Crippen LogP contribution < -0.4 is 11.5 Å². The van der Waals surface area contributed by atoms with Gasteiger partial charge in [0, 0.05) is 6.42 Å². The zero-order chi connectivity index (χ0) is 29.5. The average molecular weight is 523 g/mol. The Bertz CT molecular complexity index is 626. The van der Waals surface area contributed by atoms with Crippen molar-refractivity contribution in [3.05, 3.63) is 48.3 Å². The summed E-state index contributed by atoms with van der Waals surface area (Å²) in [5.74, 6) is 0.828. The first-order valence-corrected chi connectivity index (χ1v) is 14.7. The highest BCUT2D eigenvalue weighted by atomic mass is 16.5. The van der Waals surface area contributed by atoms with E-state index in [1.165, 1.54) is 30.4 Å². The zero-order valence-corrected chi connectivity index (χ0v) is 26.8. The van der Waals surface area contributed by atoms with Crippen molar-refractivity contribution in [2.45, 2.75) is 152 Å². The third kappa shape index (κ3) is 24.7. The molecule has 0 aliphatic heterocycles. The molecule has 4 nitrogen and oxygen atoms in total. The Kier molecular flexibility index (Phi) is 25.7. The Morgan fingerprint density at radius 1 is 0.865 bits per heavy atom. The first-order valence-electron chi connectivity index (χ1n) is 14.7. The molecule has 0 heterocycles. The summed E-state index contributed by atoms with van der Waals surface area (Å²) in [5.41, 5.74) is 14.5. The van der Waals surface area contributed by atoms with Gasteiger partial charge in [-0.2, -0.15) is 0 Å². The van der Waals surface area contributed by atoms with Crippen LogP contribution in [0.15, 0.2) is 48.3 Å². The van der Waals surface area contributed by atoms with Crippen molar-refractivity contribution >= 4 is 0 Å². The predicted octanol–water partition coefficient (Wildman–Crippen LogP) is 9.61. The Morgan fingerprint density at radius 2 is 1.41 bits per heavy atom. The van der Waals surface area contributed by atoms with E-state index in [1.807, 2.05) is 19.9 Å². The van der Waals surface area contributed by atoms with Gasteiger partial charge in [0.2, 0.25) is 0 Å². The van der Waals surface area contributed by atoms with Crippen LogP contribution >= 0.6 is 0 Å². The fourth-order valence-electron chi connectivity index (χ4n) is 3.93. The molecule has 0 aromatic carbocycles. The van der Waals surface area contributed by atoms with E-state index in [1.54, 1.807) is 0 Å². The smallest absolute Gasteiger partial charge is 0.100 e. The lowest BCUT2D eigenvalue weighted by Crippen LogP contribution is -2.48. The summed E-state index contributed by atoms with van der Waals surface area (Å²) < 4.78 is 12.0. The van der Waals surface area contributed by atoms with Crippen molar-refractivity contribution in [3.8, 4) is 0 Å². The van der Waals surface area contributed by atoms with Crippen molar-refractivity contribution in [1.29, 1.82) is 0 Å². The maximum atomic E-state index is 6.49. The molecule has 4 N–H and O–H groups in total. The summed E-state index contributed by atoms with van der Waals surface area (Å²) in [6.07, 6.45) is 16.6. The van der Waals surface area contributed by atoms with Crippen molar-refractivity contribution in [2.75, 3.05) is 6.61 Å². The molecule has 0 aliphatic rings. The lowest BCUT2D eigenvalue weighted by atomic mass is 9.79. The SMILES string of the molecule is C=C.CCCC/C(C)=C\C(N)(N)C/C(=C\C(=C/COC(C)C)C(C)(C)CCC)OC(C)C.CCCCC. The van der Waals surface area contributed by atoms with E-state index in [-0.39, 0.29) is 17.6 Å². The highest BCUT2D eigenvalue weighted by molar-refractivity contribution is 5.29. The molecule has 220 valence electrons. The highest BCUT2D eigenvalue weighted by Gasteiger charge is 2.25. The van der Waals surface area contributed by atoms with Crippen molar-refractivity contribution in [2.24, 2.45) is 16.9 Å². The van der Waals surface area contributed by atoms with Crippen molar-refractivity contribution < 1.29 is 9.47 Å². The molecule has 0 aliphatic carbocycles. The normalized spacial score (nSPS) is 13.2. The fourth-order valence-corrected chi connectivity index (χ4v) is 3.93. The Hall–Kier alpha value is -1.36. The second-order valence-electron chi connectivity index (χ2n) is 11.2. The summed E-state index contributed by atoms with van der Waals surface area (Å²) >= 11 is 0. The first-order chi connectivity index (χ1) is 17.2. The van der Waals surface area contributed by atoms with Crippen LogP contribution in [0.4, 0.5) is 0 Å². The molecule has 0 spiro atoms. The van der Waals surface area contributed by atoms with E-state index >= 15 is 0 Å². The molecule has 0 fully saturated rings. The number of hydrogen-bond acceptors (Lipinski definition) is 4. The molecular formula is C33H66N2O2. The van der Waals surface area contributed by atoms with Gasteiger partial charge < -0.3 is 20.9 Å². The largest absolute Gasteiger partial charge is 0.495 e. The Balaban J connectivity index is -0.00000146. The van der Waals surface area contributed by atoms with E-state index in [4.69, 9.17) is 20.9 Å². The zero-order valence-electron chi connectivity index (χ0n) is 26.8. The predicted molar refractivity (Wildman–Crippen MR) is 168 cm³/mol. The standard InChI is InChI=1S/C26H50N2O2.C5H12.C2H4/c1-10-12-13-22(7)18-26(27,28)19-24(30-21(5)6)17-23(14-16-29-20(3)4)25(8,9)15-11-2;1-3-5-4-2;1-2/h14,17-18,20-21H,10-13,15-16,19,27-28H2,1-9H3;3-5H2,1-2H3;1-2H2/b22-18-,23-14+,24-17+;;. The van der Waals surface area contributed by atoms with E-state index in [0.717, 1.165) is 37.9 Å². The van der Waals surface area contributed by atoms with Gasteiger partial charge in [0.15, 0.2) is 0 Å². The number of unbranched alkanes of at least 4 members (excludes halogenated alkanes) is 3. The Labute approximate surface area is 233 Å². The summed E-state index contributed by atoms with van der Waals surface area (Å²) in [7, 11) is 0. The molecule has 0 saturated heterocycles. The number of ether oxygens (including phenoxy) is 2. The van der Waals surface area contributed by atoms with Gasteiger partial charge in [-0.25, -0.2) is 0 Å². The number of allylic oxidation sites excluding steroid dienone is 3. The molecule has 0 amide bonds. The van der Waals surface area contributed by atoms with Crippen molar-refractivity contribution in [3.63, 3.8) is 0 Å². The fraction of sp³-hybridized carbons (Fsp3) is 0.758. The lowest BCUT2D eigenvalue weighted by molar-refractivity contribution is 0.101. The molecule has 0 rings (SSSR count). The molecule has 0 radical (unpaired) electrons. The lowest BCUT2D eigenvalue weighted by Gasteiger charge is -2.29. The van der Waals surface area contributed by atoms with Gasteiger partial charge in [-0.15, -0.1) is 13.2 Å². The van der Waals surface area contributed by atoms with Crippen LogP contribution in [0.1, 0.15) is 134 Å². The quantitative estimate of drug-likeness (QED) is 0.0863. The van der Waals surface area contributed by atoms with Gasteiger partial charge in [0.1, 0.15) is 5.76 Å². The highest BCUT2D eigenvalue weighted by Crippen LogP contribution is 2.34. The molecule has 0 bridgehead atoms. The van der Waals surface area contributed by atoms with Gasteiger partial charge in [-0.3, -0.25) is 0 Å². The van der Waals surface area contributed by atoms with Crippen LogP contribution in [-0.2, 0) is 9.47 Å². The topological polar surface area (TPSA) is 70.5 Å². The van der Waals surface area contributed by atoms with Gasteiger partial charge >= 0.3 is 0 Å². The molecular weight excluding hydrogens is 456 g/mol. The van der Waals surface area contributed by atoms with Crippen LogP contribution in [0.5, 0.6) is 0 Å². The molecule has 0 saturated carbocycles. The summed E-state index contributed by atoms with van der Waals surface area (Å²) in [4.78, 5) is 0. The number of rotatable bonds is 17. The van der Waals surface area contributed by atoms with Crippen LogP contribution in [0.25, 0.3) is 0 Å². The summed E-state index contributed by atoms with van der Waals surface area (Å²) in [6.45, 7) is 30.2. The molecule has 0 unspecified atom stereocenters. The number of hydrogen-bond donors (Lipinski definition) is 2. The van der Waals surface area contributed by atoms with Crippen LogP contribution in [0.3, 0.4) is 0 Å². The van der Waals surface area contributed by atoms with Gasteiger partial charge in [0.25, 0.3) is 0 Å². The van der Waals surface area contributed by atoms with E-state index in [9.17, 15) is 0 Å². The molecule has 37 heavy (non-hydrogen) atoms. The van der Waals surface area contributed by atoms with E-state index in [0.29, 0.717) is 13.0 Å². The van der Waals surface area contributed by atoms with Crippen LogP contribution in [-0.4, -0.2) is 24.5 Å². The minimum Gasteiger partial charge on any atom is -0.495 e. The van der Waals surface area contributed by atoms with Crippen molar-refractivity contribution in [1.82, 2.24) is 0 Å². The second-order valence-corrected chi connectivity index (χ2v) is 11.2. The maximum Gasteiger partial charge on any atom is 0.100 e. The van der Waals surface area contributed by atoms with E-state index < -0.39 is 5.66 Å².